The summed E-state index contributed by atoms with van der Waals surface area (Å²) < 4.78 is 13.8. The smallest absolute Gasteiger partial charge is 0.256 e. The van der Waals surface area contributed by atoms with E-state index in [2.05, 4.69) is 10.6 Å². The summed E-state index contributed by atoms with van der Waals surface area (Å²) in [6.07, 6.45) is 1.02. The maximum Gasteiger partial charge on any atom is 0.256 e. The van der Waals surface area contributed by atoms with Crippen molar-refractivity contribution in [2.24, 2.45) is 5.92 Å². The Labute approximate surface area is 162 Å². The molecule has 0 spiro atoms. The minimum atomic E-state index is -0.536. The highest BCUT2D eigenvalue weighted by atomic mass is 19.1. The van der Waals surface area contributed by atoms with E-state index in [4.69, 9.17) is 0 Å². The van der Waals surface area contributed by atoms with E-state index in [9.17, 15) is 18.8 Å². The first-order valence-electron chi connectivity index (χ1n) is 9.16. The lowest BCUT2D eigenvalue weighted by atomic mass is 9.95. The summed E-state index contributed by atoms with van der Waals surface area (Å²) >= 11 is 0. The van der Waals surface area contributed by atoms with Crippen LogP contribution in [0.1, 0.15) is 30.1 Å². The number of nitrogens with one attached hydrogen (secondary N) is 2. The molecule has 1 saturated heterocycles. The van der Waals surface area contributed by atoms with Crippen LogP contribution in [0.2, 0.25) is 0 Å². The third-order valence-electron chi connectivity index (χ3n) is 4.71. The normalized spacial score (nSPS) is 14.4. The van der Waals surface area contributed by atoms with Gasteiger partial charge in [-0.15, -0.1) is 0 Å². The second-order valence-corrected chi connectivity index (χ2v) is 6.80. The maximum atomic E-state index is 13.8. The number of carbonyl (C=O) groups is 3. The summed E-state index contributed by atoms with van der Waals surface area (Å²) in [6.45, 7) is 2.22. The summed E-state index contributed by atoms with van der Waals surface area (Å²) in [7, 11) is 0. The second-order valence-electron chi connectivity index (χ2n) is 6.80. The maximum absolute atomic E-state index is 13.8. The predicted octanol–water partition coefficient (Wildman–Crippen LogP) is 3.28. The number of likely N-dealkylation sites (tertiary alicyclic amines) is 1. The van der Waals surface area contributed by atoms with Crippen molar-refractivity contribution in [2.75, 3.05) is 23.7 Å². The van der Waals surface area contributed by atoms with Crippen LogP contribution in [0.5, 0.6) is 0 Å². The number of carbonyl (C=O) groups excluding carboxylic acids is 3. The van der Waals surface area contributed by atoms with Gasteiger partial charge in [0.25, 0.3) is 5.91 Å². The Bertz CT molecular complexity index is 892. The van der Waals surface area contributed by atoms with E-state index in [1.807, 2.05) is 0 Å². The van der Waals surface area contributed by atoms with Crippen molar-refractivity contribution in [3.05, 3.63) is 59.9 Å². The number of hydrogen-bond donors (Lipinski definition) is 2. The Kier molecular flexibility index (Phi) is 6.03. The molecule has 6 nitrogen and oxygen atoms in total. The van der Waals surface area contributed by atoms with Gasteiger partial charge >= 0.3 is 0 Å². The van der Waals surface area contributed by atoms with Crippen LogP contribution in [0.4, 0.5) is 15.8 Å². The molecule has 3 amide bonds. The Morgan fingerprint density at radius 1 is 0.964 bits per heavy atom. The van der Waals surface area contributed by atoms with Crippen molar-refractivity contribution in [1.29, 1.82) is 0 Å². The lowest BCUT2D eigenvalue weighted by molar-refractivity contribution is -0.121. The largest absolute Gasteiger partial charge is 0.339 e. The van der Waals surface area contributed by atoms with E-state index in [0.717, 1.165) is 0 Å². The third-order valence-corrected chi connectivity index (χ3v) is 4.71. The number of halogens is 1. The number of piperidine rings is 1. The molecule has 0 atom stereocenters. The molecule has 0 aliphatic carbocycles. The zero-order valence-electron chi connectivity index (χ0n) is 15.6. The van der Waals surface area contributed by atoms with Gasteiger partial charge in [-0.25, -0.2) is 4.39 Å². The van der Waals surface area contributed by atoms with Crippen molar-refractivity contribution < 1.29 is 18.8 Å². The SMILES string of the molecule is CC(=O)Nc1cccc(NC(=O)C2CCN(C(=O)c3ccccc3F)CC2)c1. The zero-order chi connectivity index (χ0) is 20.1. The number of nitrogens with zero attached hydrogens (tertiary/aromatic N) is 1. The number of amides is 3. The molecular formula is C21H22FN3O3. The molecule has 1 aliphatic rings. The molecule has 146 valence electrons. The van der Waals surface area contributed by atoms with Crippen LogP contribution in [0.3, 0.4) is 0 Å². The standard InChI is InChI=1S/C21H22FN3O3/c1-14(26)23-16-5-4-6-17(13-16)24-20(27)15-9-11-25(12-10-15)21(28)18-7-2-3-8-19(18)22/h2-8,13,15H,9-12H2,1H3,(H,23,26)(H,24,27). The second kappa shape index (κ2) is 8.65. The van der Waals surface area contributed by atoms with Crippen molar-refractivity contribution >= 4 is 29.1 Å². The first-order chi connectivity index (χ1) is 13.4. The first-order valence-corrected chi connectivity index (χ1v) is 9.16. The first kappa shape index (κ1) is 19.5. The lowest BCUT2D eigenvalue weighted by Gasteiger charge is -2.31. The van der Waals surface area contributed by atoms with Gasteiger partial charge in [0.2, 0.25) is 11.8 Å². The Morgan fingerprint density at radius 2 is 1.61 bits per heavy atom. The van der Waals surface area contributed by atoms with E-state index >= 15 is 0 Å². The average molecular weight is 383 g/mol. The Hall–Kier alpha value is -3.22. The predicted molar refractivity (Wildman–Crippen MR) is 104 cm³/mol. The van der Waals surface area contributed by atoms with Gasteiger partial charge in [-0.05, 0) is 43.2 Å². The molecule has 2 N–H and O–H groups in total. The monoisotopic (exact) mass is 383 g/mol. The zero-order valence-corrected chi connectivity index (χ0v) is 15.6. The van der Waals surface area contributed by atoms with Crippen LogP contribution >= 0.6 is 0 Å². The van der Waals surface area contributed by atoms with Gasteiger partial charge in [0, 0.05) is 37.3 Å². The summed E-state index contributed by atoms with van der Waals surface area (Å²) in [5.41, 5.74) is 1.26. The van der Waals surface area contributed by atoms with Crippen LogP contribution in [0.25, 0.3) is 0 Å². The van der Waals surface area contributed by atoms with Gasteiger partial charge in [-0.1, -0.05) is 18.2 Å². The van der Waals surface area contributed by atoms with Crippen LogP contribution in [0.15, 0.2) is 48.5 Å². The molecule has 0 radical (unpaired) electrons. The van der Waals surface area contributed by atoms with E-state index < -0.39 is 5.82 Å². The highest BCUT2D eigenvalue weighted by Gasteiger charge is 2.28. The van der Waals surface area contributed by atoms with E-state index in [0.29, 0.717) is 37.3 Å². The molecule has 0 saturated carbocycles. The average Bonchev–Trinajstić information content (AvgIpc) is 2.68. The van der Waals surface area contributed by atoms with Crippen molar-refractivity contribution in [1.82, 2.24) is 4.90 Å². The fraction of sp³-hybridized carbons (Fsp3) is 0.286. The van der Waals surface area contributed by atoms with Crippen LogP contribution in [-0.4, -0.2) is 35.7 Å². The van der Waals surface area contributed by atoms with Gasteiger partial charge in [-0.2, -0.15) is 0 Å². The number of benzene rings is 2. The van der Waals surface area contributed by atoms with Crippen molar-refractivity contribution in [3.8, 4) is 0 Å². The van der Waals surface area contributed by atoms with Crippen molar-refractivity contribution in [3.63, 3.8) is 0 Å². The third kappa shape index (κ3) is 4.73. The van der Waals surface area contributed by atoms with E-state index in [-0.39, 0.29) is 29.2 Å². The minimum absolute atomic E-state index is 0.0557. The Balaban J connectivity index is 1.56. The van der Waals surface area contributed by atoms with Crippen LogP contribution < -0.4 is 10.6 Å². The summed E-state index contributed by atoms with van der Waals surface area (Å²) in [5, 5.41) is 5.53. The molecule has 28 heavy (non-hydrogen) atoms. The number of anilines is 2. The fourth-order valence-corrected chi connectivity index (χ4v) is 3.27. The Morgan fingerprint density at radius 3 is 2.25 bits per heavy atom. The van der Waals surface area contributed by atoms with Crippen molar-refractivity contribution in [2.45, 2.75) is 19.8 Å². The molecule has 1 heterocycles. The molecule has 1 aliphatic heterocycles. The summed E-state index contributed by atoms with van der Waals surface area (Å²) in [5.74, 6) is -1.42. The number of rotatable bonds is 4. The molecule has 7 heteroatoms. The summed E-state index contributed by atoms with van der Waals surface area (Å²) in [4.78, 5) is 37.7. The van der Waals surface area contributed by atoms with Gasteiger partial charge < -0.3 is 15.5 Å². The molecule has 0 bridgehead atoms. The highest BCUT2D eigenvalue weighted by molar-refractivity contribution is 5.96. The molecule has 1 fully saturated rings. The molecule has 3 rings (SSSR count). The van der Waals surface area contributed by atoms with Crippen LogP contribution in [0, 0.1) is 11.7 Å². The molecule has 0 aromatic heterocycles. The molecule has 2 aromatic rings. The topological polar surface area (TPSA) is 78.5 Å². The van der Waals surface area contributed by atoms with Crippen LogP contribution in [-0.2, 0) is 9.59 Å². The van der Waals surface area contributed by atoms with E-state index in [1.54, 1.807) is 41.3 Å². The molecule has 2 aromatic carbocycles. The quantitative estimate of drug-likeness (QED) is 0.851. The van der Waals surface area contributed by atoms with Gasteiger partial charge in [0.05, 0.1) is 5.56 Å². The van der Waals surface area contributed by atoms with Gasteiger partial charge in [0.15, 0.2) is 0 Å². The minimum Gasteiger partial charge on any atom is -0.339 e. The number of hydrogen-bond acceptors (Lipinski definition) is 3. The fourth-order valence-electron chi connectivity index (χ4n) is 3.27. The highest BCUT2D eigenvalue weighted by Crippen LogP contribution is 2.23. The van der Waals surface area contributed by atoms with Gasteiger partial charge in [0.1, 0.15) is 5.82 Å². The summed E-state index contributed by atoms with van der Waals surface area (Å²) in [6, 6.07) is 12.8. The lowest BCUT2D eigenvalue weighted by Crippen LogP contribution is -2.41. The van der Waals surface area contributed by atoms with E-state index in [1.165, 1.54) is 19.1 Å². The molecular weight excluding hydrogens is 361 g/mol. The molecule has 0 unspecified atom stereocenters. The van der Waals surface area contributed by atoms with Gasteiger partial charge in [-0.3, -0.25) is 14.4 Å².